The Morgan fingerprint density at radius 3 is 2.60 bits per heavy atom. The summed E-state index contributed by atoms with van der Waals surface area (Å²) in [5.74, 6) is 1.88. The molecule has 3 aliphatic rings. The van der Waals surface area contributed by atoms with Crippen molar-refractivity contribution in [3.63, 3.8) is 0 Å². The highest BCUT2D eigenvalue weighted by Crippen LogP contribution is 2.40. The Morgan fingerprint density at radius 1 is 1.12 bits per heavy atom. The Hall–Kier alpha value is -4.03. The van der Waals surface area contributed by atoms with Crippen molar-refractivity contribution in [2.75, 3.05) is 65.3 Å². The maximum atomic E-state index is 14.9. The standard InChI is InChI=1S/C38H54FN9O2/c1-25-23-38(3,4)13-11-32(25)44-37(47-16-14-41-26(2)24-47)42-28-8-10-30-33(21-28)43-35(34(40)46-19-17-45(5)18-20-46)48(36(30)49)15-12-27-7-9-29(50-6)22-31(27)39/h7-10,21-22,25-26,32,40-41H,11-20,23-24H2,1-6H3,(H,42,44)/t25-,26-,32-/m0/s1. The van der Waals surface area contributed by atoms with Gasteiger partial charge >= 0.3 is 0 Å². The van der Waals surface area contributed by atoms with Crippen LogP contribution in [0.2, 0.25) is 0 Å². The van der Waals surface area contributed by atoms with Gasteiger partial charge in [0.1, 0.15) is 11.6 Å². The van der Waals surface area contributed by atoms with Crippen LogP contribution in [-0.4, -0.2) is 108 Å². The summed E-state index contributed by atoms with van der Waals surface area (Å²) >= 11 is 0. The molecule has 3 heterocycles. The minimum atomic E-state index is -0.389. The molecule has 3 atom stereocenters. The highest BCUT2D eigenvalue weighted by atomic mass is 19.1. The number of rotatable bonds is 7. The molecule has 3 fully saturated rings. The van der Waals surface area contributed by atoms with E-state index in [0.717, 1.165) is 63.6 Å². The Labute approximate surface area is 295 Å². The van der Waals surface area contributed by atoms with Gasteiger partial charge in [0, 0.05) is 70.2 Å². The second-order valence-corrected chi connectivity index (χ2v) is 15.3. The monoisotopic (exact) mass is 687 g/mol. The SMILES string of the molecule is COc1ccc(CCn2c(C(=N)N3CCN(C)CC3)nc3cc(NC(=N[C@H]4CCC(C)(C)C[C@@H]4C)N4CCN[C@@H](C)C4)ccc3c2=O)c(F)c1. The van der Waals surface area contributed by atoms with Crippen molar-refractivity contribution in [1.29, 1.82) is 5.41 Å². The number of anilines is 1. The average molecular weight is 688 g/mol. The lowest BCUT2D eigenvalue weighted by Gasteiger charge is -2.39. The molecule has 1 aliphatic carbocycles. The Morgan fingerprint density at radius 2 is 1.90 bits per heavy atom. The van der Waals surface area contributed by atoms with E-state index in [1.807, 2.05) is 23.1 Å². The van der Waals surface area contributed by atoms with Crippen LogP contribution in [0.1, 0.15) is 58.3 Å². The molecule has 2 aromatic carbocycles. The molecule has 270 valence electrons. The number of amidine groups is 1. The fourth-order valence-electron chi connectivity index (χ4n) is 7.68. The van der Waals surface area contributed by atoms with Gasteiger partial charge in [-0.15, -0.1) is 0 Å². The summed E-state index contributed by atoms with van der Waals surface area (Å²) in [5.41, 5.74) is 1.87. The third-order valence-corrected chi connectivity index (χ3v) is 10.7. The molecular formula is C38H54FN9O2. The normalized spacial score (nSPS) is 23.3. The number of aromatic nitrogens is 2. The van der Waals surface area contributed by atoms with Crippen LogP contribution >= 0.6 is 0 Å². The molecule has 2 saturated heterocycles. The summed E-state index contributed by atoms with van der Waals surface area (Å²) < 4.78 is 21.6. The average Bonchev–Trinajstić information content (AvgIpc) is 3.08. The summed E-state index contributed by atoms with van der Waals surface area (Å²) in [6.45, 7) is 14.9. The number of aliphatic imine (C=N–C) groups is 1. The highest BCUT2D eigenvalue weighted by molar-refractivity contribution is 5.98. The number of aryl methyl sites for hydroxylation is 1. The number of hydrogen-bond acceptors (Lipinski definition) is 7. The van der Waals surface area contributed by atoms with Crippen LogP contribution in [0.15, 0.2) is 46.2 Å². The molecule has 0 bridgehead atoms. The zero-order chi connectivity index (χ0) is 35.6. The van der Waals surface area contributed by atoms with Crippen molar-refractivity contribution in [2.45, 2.75) is 72.0 Å². The number of fused-ring (bicyclic) bond motifs is 1. The second-order valence-electron chi connectivity index (χ2n) is 15.3. The van der Waals surface area contributed by atoms with Crippen LogP contribution in [0, 0.1) is 22.6 Å². The van der Waals surface area contributed by atoms with E-state index in [1.54, 1.807) is 16.7 Å². The Kier molecular flexibility index (Phi) is 10.8. The van der Waals surface area contributed by atoms with Gasteiger partial charge < -0.3 is 30.1 Å². The number of ether oxygens (including phenoxy) is 1. The molecule has 1 aromatic heterocycles. The first-order valence-electron chi connectivity index (χ1n) is 18.1. The van der Waals surface area contributed by atoms with Gasteiger partial charge in [0.15, 0.2) is 17.6 Å². The Bertz CT molecular complexity index is 1780. The van der Waals surface area contributed by atoms with Crippen molar-refractivity contribution in [3.05, 3.63) is 64.0 Å². The number of benzene rings is 2. The van der Waals surface area contributed by atoms with Crippen LogP contribution in [0.25, 0.3) is 10.9 Å². The molecule has 3 aromatic rings. The Balaban J connectivity index is 1.35. The zero-order valence-corrected chi connectivity index (χ0v) is 30.6. The number of nitrogens with zero attached hydrogens (tertiary/aromatic N) is 6. The molecule has 0 unspecified atom stereocenters. The van der Waals surface area contributed by atoms with Crippen molar-refractivity contribution < 1.29 is 9.13 Å². The van der Waals surface area contributed by atoms with E-state index in [4.69, 9.17) is 14.7 Å². The molecular weight excluding hydrogens is 633 g/mol. The number of guanidine groups is 1. The summed E-state index contributed by atoms with van der Waals surface area (Å²) in [6, 6.07) is 11.0. The molecule has 50 heavy (non-hydrogen) atoms. The van der Waals surface area contributed by atoms with Gasteiger partial charge in [-0.2, -0.15) is 0 Å². The third kappa shape index (κ3) is 8.12. The molecule has 2 aliphatic heterocycles. The lowest BCUT2D eigenvalue weighted by molar-refractivity contribution is 0.168. The molecule has 0 radical (unpaired) electrons. The minimum Gasteiger partial charge on any atom is -0.497 e. The first-order valence-corrected chi connectivity index (χ1v) is 18.1. The van der Waals surface area contributed by atoms with Gasteiger partial charge in [-0.05, 0) is 80.8 Å². The summed E-state index contributed by atoms with van der Waals surface area (Å²) in [5, 5.41) is 16.9. The van der Waals surface area contributed by atoms with Crippen molar-refractivity contribution in [3.8, 4) is 5.75 Å². The van der Waals surface area contributed by atoms with E-state index in [9.17, 15) is 14.6 Å². The summed E-state index contributed by atoms with van der Waals surface area (Å²) in [6.07, 6.45) is 3.62. The van der Waals surface area contributed by atoms with Gasteiger partial charge in [-0.3, -0.25) is 14.8 Å². The lowest BCUT2D eigenvalue weighted by Crippen LogP contribution is -2.53. The van der Waals surface area contributed by atoms with E-state index in [1.165, 1.54) is 13.2 Å². The van der Waals surface area contributed by atoms with E-state index < -0.39 is 0 Å². The largest absolute Gasteiger partial charge is 0.497 e. The maximum Gasteiger partial charge on any atom is 0.261 e. The van der Waals surface area contributed by atoms with Crippen molar-refractivity contribution >= 4 is 28.4 Å². The number of methoxy groups -OCH3 is 1. The molecule has 3 N–H and O–H groups in total. The number of likely N-dealkylation sites (N-methyl/N-ethyl adjacent to an activating group) is 1. The first kappa shape index (κ1) is 35.8. The van der Waals surface area contributed by atoms with Gasteiger partial charge in [0.25, 0.3) is 5.56 Å². The summed E-state index contributed by atoms with van der Waals surface area (Å²) in [4.78, 5) is 31.1. The third-order valence-electron chi connectivity index (χ3n) is 10.7. The van der Waals surface area contributed by atoms with Crippen LogP contribution in [0.5, 0.6) is 5.75 Å². The molecule has 1 saturated carbocycles. The van der Waals surface area contributed by atoms with Crippen molar-refractivity contribution in [1.82, 2.24) is 29.6 Å². The van der Waals surface area contributed by atoms with E-state index in [-0.39, 0.29) is 36.2 Å². The van der Waals surface area contributed by atoms with E-state index in [0.29, 0.717) is 58.5 Å². The van der Waals surface area contributed by atoms with Gasteiger partial charge in [-0.25, -0.2) is 14.4 Å². The molecule has 6 rings (SSSR count). The van der Waals surface area contributed by atoms with Gasteiger partial charge in [0.2, 0.25) is 0 Å². The number of halogens is 1. The van der Waals surface area contributed by atoms with Crippen molar-refractivity contribution in [2.24, 2.45) is 16.3 Å². The lowest BCUT2D eigenvalue weighted by atomic mass is 9.71. The quantitative estimate of drug-likeness (QED) is 0.244. The van der Waals surface area contributed by atoms with E-state index in [2.05, 4.69) is 55.2 Å². The van der Waals surface area contributed by atoms with Crippen LogP contribution in [0.3, 0.4) is 0 Å². The number of hydrogen-bond donors (Lipinski definition) is 3. The van der Waals surface area contributed by atoms with Gasteiger partial charge in [0.05, 0.1) is 24.1 Å². The molecule has 11 nitrogen and oxygen atoms in total. The fourth-order valence-corrected chi connectivity index (χ4v) is 7.68. The van der Waals surface area contributed by atoms with Crippen LogP contribution < -0.4 is 20.9 Å². The predicted octanol–water partition coefficient (Wildman–Crippen LogP) is 4.64. The van der Waals surface area contributed by atoms with Crippen LogP contribution in [0.4, 0.5) is 10.1 Å². The number of nitrogens with one attached hydrogen (secondary N) is 3. The predicted molar refractivity (Wildman–Crippen MR) is 199 cm³/mol. The maximum absolute atomic E-state index is 14.9. The summed E-state index contributed by atoms with van der Waals surface area (Å²) in [7, 11) is 3.57. The van der Waals surface area contributed by atoms with Crippen LogP contribution in [-0.2, 0) is 13.0 Å². The smallest absolute Gasteiger partial charge is 0.261 e. The molecule has 0 spiro atoms. The fraction of sp³-hybridized carbons (Fsp3) is 0.579. The minimum absolute atomic E-state index is 0.185. The zero-order valence-electron chi connectivity index (χ0n) is 30.6. The first-order chi connectivity index (χ1) is 23.9. The second kappa shape index (κ2) is 15.1. The highest BCUT2D eigenvalue weighted by Gasteiger charge is 2.33. The molecule has 0 amide bonds. The van der Waals surface area contributed by atoms with E-state index >= 15 is 0 Å². The topological polar surface area (TPSA) is 114 Å². The molecule has 12 heteroatoms. The van der Waals surface area contributed by atoms with Gasteiger partial charge in [-0.1, -0.05) is 26.8 Å². The number of piperazine rings is 2.